The molecule has 0 unspecified atom stereocenters. The first kappa shape index (κ1) is 15.5. The van der Waals surface area contributed by atoms with E-state index >= 15 is 0 Å². The Bertz CT molecular complexity index is 556. The lowest BCUT2D eigenvalue weighted by molar-refractivity contribution is -0.132. The first-order chi connectivity index (χ1) is 10.4. The highest BCUT2D eigenvalue weighted by atomic mass is 16.5. The lowest BCUT2D eigenvalue weighted by atomic mass is 10.1. The third kappa shape index (κ3) is 3.33. The zero-order valence-electron chi connectivity index (χ0n) is 13.8. The number of carbonyl (C=O) groups excluding carboxylic acids is 1. The van der Waals surface area contributed by atoms with Gasteiger partial charge in [0, 0.05) is 38.3 Å². The second kappa shape index (κ2) is 6.01. The van der Waals surface area contributed by atoms with Crippen molar-refractivity contribution in [1.29, 1.82) is 0 Å². The zero-order chi connectivity index (χ0) is 15.7. The van der Waals surface area contributed by atoms with Gasteiger partial charge in [-0.1, -0.05) is 18.2 Å². The van der Waals surface area contributed by atoms with E-state index in [2.05, 4.69) is 37.8 Å². The summed E-state index contributed by atoms with van der Waals surface area (Å²) in [4.78, 5) is 16.9. The molecular formula is C18H26N2O2. The highest BCUT2D eigenvalue weighted by Crippen LogP contribution is 2.28. The molecule has 0 spiro atoms. The molecule has 2 aliphatic rings. The highest BCUT2D eigenvalue weighted by Gasteiger charge is 2.32. The Hall–Kier alpha value is -1.39. The summed E-state index contributed by atoms with van der Waals surface area (Å²) in [6.45, 7) is 9.78. The van der Waals surface area contributed by atoms with E-state index in [1.165, 1.54) is 5.56 Å². The Balaban J connectivity index is 1.57. The zero-order valence-corrected chi connectivity index (χ0v) is 13.8. The van der Waals surface area contributed by atoms with Gasteiger partial charge < -0.3 is 9.64 Å². The monoisotopic (exact) mass is 302 g/mol. The van der Waals surface area contributed by atoms with E-state index in [1.54, 1.807) is 0 Å². The fourth-order valence-electron chi connectivity index (χ4n) is 3.74. The molecule has 1 amide bonds. The van der Waals surface area contributed by atoms with Gasteiger partial charge in [-0.25, -0.2) is 0 Å². The van der Waals surface area contributed by atoms with Crippen molar-refractivity contribution in [1.82, 2.24) is 4.90 Å². The second-order valence-corrected chi connectivity index (χ2v) is 7.10. The SMILES string of the molecule is C[C@H]1CN(CCC(=O)N2CCc3ccccc32)CC(C)(C)O1. The van der Waals surface area contributed by atoms with Gasteiger partial charge in [-0.05, 0) is 38.8 Å². The standard InChI is InChI=1S/C18H26N2O2/c1-14-12-19(13-18(2,3)22-14)10-9-17(21)20-11-8-15-6-4-5-7-16(15)20/h4-7,14H,8-13H2,1-3H3/t14-/m0/s1. The van der Waals surface area contributed by atoms with Crippen LogP contribution in [-0.4, -0.2) is 48.7 Å². The molecule has 0 N–H and O–H groups in total. The molecular weight excluding hydrogens is 276 g/mol. The number of anilines is 1. The van der Waals surface area contributed by atoms with Crippen molar-refractivity contribution < 1.29 is 9.53 Å². The molecule has 0 radical (unpaired) electrons. The predicted molar refractivity (Wildman–Crippen MR) is 88.2 cm³/mol. The van der Waals surface area contributed by atoms with Crippen LogP contribution in [0.1, 0.15) is 32.8 Å². The summed E-state index contributed by atoms with van der Waals surface area (Å²) in [7, 11) is 0. The van der Waals surface area contributed by atoms with Crippen molar-refractivity contribution in [2.24, 2.45) is 0 Å². The first-order valence-corrected chi connectivity index (χ1v) is 8.23. The Morgan fingerprint density at radius 1 is 1.36 bits per heavy atom. The lowest BCUT2D eigenvalue weighted by Gasteiger charge is -2.41. The second-order valence-electron chi connectivity index (χ2n) is 7.10. The van der Waals surface area contributed by atoms with Crippen molar-refractivity contribution in [2.45, 2.75) is 45.3 Å². The minimum absolute atomic E-state index is 0.124. The fourth-order valence-corrected chi connectivity index (χ4v) is 3.74. The molecule has 1 aromatic rings. The number of nitrogens with zero attached hydrogens (tertiary/aromatic N) is 2. The van der Waals surface area contributed by atoms with E-state index in [-0.39, 0.29) is 17.6 Å². The molecule has 4 nitrogen and oxygen atoms in total. The summed E-state index contributed by atoms with van der Waals surface area (Å²) in [6, 6.07) is 8.23. The van der Waals surface area contributed by atoms with Crippen LogP contribution in [-0.2, 0) is 16.0 Å². The predicted octanol–water partition coefficient (Wildman–Crippen LogP) is 2.47. The van der Waals surface area contributed by atoms with Gasteiger partial charge in [0.1, 0.15) is 0 Å². The Morgan fingerprint density at radius 2 is 2.14 bits per heavy atom. The van der Waals surface area contributed by atoms with Gasteiger partial charge in [0.05, 0.1) is 11.7 Å². The van der Waals surface area contributed by atoms with Crippen LogP contribution < -0.4 is 4.90 Å². The molecule has 2 heterocycles. The summed E-state index contributed by atoms with van der Waals surface area (Å²) >= 11 is 0. The van der Waals surface area contributed by atoms with Crippen LogP contribution in [0.4, 0.5) is 5.69 Å². The molecule has 1 atom stereocenters. The number of ether oxygens (including phenoxy) is 1. The van der Waals surface area contributed by atoms with Crippen LogP contribution in [0.5, 0.6) is 0 Å². The quantitative estimate of drug-likeness (QED) is 0.860. The maximum Gasteiger partial charge on any atom is 0.228 e. The molecule has 0 aromatic heterocycles. The minimum atomic E-state index is -0.124. The van der Waals surface area contributed by atoms with Gasteiger partial charge in [0.2, 0.25) is 5.91 Å². The van der Waals surface area contributed by atoms with Crippen LogP contribution in [0, 0.1) is 0 Å². The molecule has 1 fully saturated rings. The maximum atomic E-state index is 12.6. The van der Waals surface area contributed by atoms with Gasteiger partial charge in [0.25, 0.3) is 0 Å². The van der Waals surface area contributed by atoms with Crippen LogP contribution in [0.3, 0.4) is 0 Å². The number of morpholine rings is 1. The third-order valence-corrected chi connectivity index (χ3v) is 4.47. The highest BCUT2D eigenvalue weighted by molar-refractivity contribution is 5.95. The van der Waals surface area contributed by atoms with E-state index in [4.69, 9.17) is 4.74 Å². The molecule has 1 aromatic carbocycles. The van der Waals surface area contributed by atoms with Gasteiger partial charge in [0.15, 0.2) is 0 Å². The molecule has 120 valence electrons. The van der Waals surface area contributed by atoms with Gasteiger partial charge >= 0.3 is 0 Å². The molecule has 22 heavy (non-hydrogen) atoms. The van der Waals surface area contributed by atoms with Crippen LogP contribution in [0.25, 0.3) is 0 Å². The van der Waals surface area contributed by atoms with Crippen molar-refractivity contribution >= 4 is 11.6 Å². The van der Waals surface area contributed by atoms with E-state index in [9.17, 15) is 4.79 Å². The van der Waals surface area contributed by atoms with Crippen molar-refractivity contribution in [3.63, 3.8) is 0 Å². The van der Waals surface area contributed by atoms with Gasteiger partial charge in [-0.2, -0.15) is 0 Å². The largest absolute Gasteiger partial charge is 0.370 e. The van der Waals surface area contributed by atoms with Crippen molar-refractivity contribution in [3.05, 3.63) is 29.8 Å². The average molecular weight is 302 g/mol. The van der Waals surface area contributed by atoms with Gasteiger partial charge in [-0.15, -0.1) is 0 Å². The third-order valence-electron chi connectivity index (χ3n) is 4.47. The van der Waals surface area contributed by atoms with E-state index in [0.717, 1.165) is 38.3 Å². The Kier molecular flexibility index (Phi) is 4.24. The molecule has 2 aliphatic heterocycles. The van der Waals surface area contributed by atoms with Crippen LogP contribution in [0.2, 0.25) is 0 Å². The van der Waals surface area contributed by atoms with E-state index in [1.807, 2.05) is 17.0 Å². The topological polar surface area (TPSA) is 32.8 Å². The summed E-state index contributed by atoms with van der Waals surface area (Å²) in [6.07, 6.45) is 1.78. The number of carbonyl (C=O) groups is 1. The number of fused-ring (bicyclic) bond motifs is 1. The lowest BCUT2D eigenvalue weighted by Crippen LogP contribution is -2.52. The number of hydrogen-bond acceptors (Lipinski definition) is 3. The van der Waals surface area contributed by atoms with Crippen molar-refractivity contribution in [2.75, 3.05) is 31.1 Å². The molecule has 1 saturated heterocycles. The molecule has 0 bridgehead atoms. The Morgan fingerprint density at radius 3 is 2.91 bits per heavy atom. The van der Waals surface area contributed by atoms with Crippen LogP contribution in [0.15, 0.2) is 24.3 Å². The van der Waals surface area contributed by atoms with E-state index in [0.29, 0.717) is 6.42 Å². The summed E-state index contributed by atoms with van der Waals surface area (Å²) in [5.74, 6) is 0.238. The number of hydrogen-bond donors (Lipinski definition) is 0. The number of rotatable bonds is 3. The number of benzene rings is 1. The van der Waals surface area contributed by atoms with Crippen molar-refractivity contribution in [3.8, 4) is 0 Å². The fraction of sp³-hybridized carbons (Fsp3) is 0.611. The van der Waals surface area contributed by atoms with E-state index < -0.39 is 0 Å². The molecule has 3 rings (SSSR count). The Labute approximate surface area is 133 Å². The van der Waals surface area contributed by atoms with Gasteiger partial charge in [-0.3, -0.25) is 9.69 Å². The smallest absolute Gasteiger partial charge is 0.228 e. The normalized spacial score (nSPS) is 24.3. The van der Waals surface area contributed by atoms with Crippen LogP contribution >= 0.6 is 0 Å². The minimum Gasteiger partial charge on any atom is -0.370 e. The first-order valence-electron chi connectivity index (χ1n) is 8.23. The summed E-state index contributed by atoms with van der Waals surface area (Å²) in [5, 5.41) is 0. The summed E-state index contributed by atoms with van der Waals surface area (Å²) in [5.41, 5.74) is 2.26. The maximum absolute atomic E-state index is 12.6. The molecule has 4 heteroatoms. The molecule has 0 saturated carbocycles. The number of amides is 1. The summed E-state index contributed by atoms with van der Waals surface area (Å²) < 4.78 is 5.92. The average Bonchev–Trinajstić information content (AvgIpc) is 2.86. The number of para-hydroxylation sites is 1. The molecule has 0 aliphatic carbocycles.